The Hall–Kier alpha value is -2.70. The fourth-order valence-corrected chi connectivity index (χ4v) is 2.57. The maximum atomic E-state index is 12.4. The number of benzene rings is 1. The van der Waals surface area contributed by atoms with E-state index in [0.717, 1.165) is 5.56 Å². The maximum Gasteiger partial charge on any atom is 0.312 e. The lowest BCUT2D eigenvalue weighted by atomic mass is 10.1. The molecule has 2 rings (SSSR count). The Labute approximate surface area is 134 Å². The highest BCUT2D eigenvalue weighted by Gasteiger charge is 2.27. The summed E-state index contributed by atoms with van der Waals surface area (Å²) >= 11 is 0. The molecule has 122 valence electrons. The number of rotatable bonds is 5. The fraction of sp³-hybridized carbons (Fsp3) is 0.375. The summed E-state index contributed by atoms with van der Waals surface area (Å²) in [4.78, 5) is 23.0. The number of carbonyl (C=O) groups excluding carboxylic acids is 1. The van der Waals surface area contributed by atoms with Gasteiger partial charge in [-0.2, -0.15) is 5.10 Å². The van der Waals surface area contributed by atoms with Crippen molar-refractivity contribution in [2.75, 3.05) is 0 Å². The number of aryl methyl sites for hydroxylation is 1. The van der Waals surface area contributed by atoms with Crippen LogP contribution in [0.15, 0.2) is 30.3 Å². The summed E-state index contributed by atoms with van der Waals surface area (Å²) < 4.78 is 1.40. The van der Waals surface area contributed by atoms with E-state index in [4.69, 9.17) is 0 Å². The highest BCUT2D eigenvalue weighted by atomic mass is 16.6. The number of aromatic nitrogens is 2. The van der Waals surface area contributed by atoms with E-state index in [-0.39, 0.29) is 17.6 Å². The largest absolute Gasteiger partial charge is 0.348 e. The van der Waals surface area contributed by atoms with Crippen molar-refractivity contribution in [1.29, 1.82) is 0 Å². The molecule has 1 N–H and O–H groups in total. The zero-order valence-corrected chi connectivity index (χ0v) is 13.6. The second-order valence-electron chi connectivity index (χ2n) is 5.54. The van der Waals surface area contributed by atoms with E-state index in [0.29, 0.717) is 11.4 Å². The minimum atomic E-state index is -0.631. The molecule has 0 saturated carbocycles. The van der Waals surface area contributed by atoms with Crippen LogP contribution < -0.4 is 5.32 Å². The number of amides is 1. The van der Waals surface area contributed by atoms with Gasteiger partial charge in [0.2, 0.25) is 5.91 Å². The van der Waals surface area contributed by atoms with Gasteiger partial charge in [0.05, 0.1) is 11.0 Å². The zero-order chi connectivity index (χ0) is 17.1. The Morgan fingerprint density at radius 1 is 1.26 bits per heavy atom. The van der Waals surface area contributed by atoms with Crippen LogP contribution in [0.2, 0.25) is 0 Å². The average Bonchev–Trinajstić information content (AvgIpc) is 2.82. The van der Waals surface area contributed by atoms with Crippen LogP contribution in [-0.2, 0) is 4.79 Å². The van der Waals surface area contributed by atoms with E-state index in [1.807, 2.05) is 37.3 Å². The number of hydrogen-bond acceptors (Lipinski definition) is 4. The molecule has 1 aromatic heterocycles. The summed E-state index contributed by atoms with van der Waals surface area (Å²) in [5, 5.41) is 18.1. The van der Waals surface area contributed by atoms with Crippen LogP contribution in [0.5, 0.6) is 0 Å². The lowest BCUT2D eigenvalue weighted by Gasteiger charge is -2.18. The summed E-state index contributed by atoms with van der Waals surface area (Å²) in [6, 6.07) is 8.81. The molecule has 0 aliphatic rings. The quantitative estimate of drug-likeness (QED) is 0.678. The monoisotopic (exact) mass is 316 g/mol. The lowest BCUT2D eigenvalue weighted by molar-refractivity contribution is -0.386. The molecule has 0 fully saturated rings. The van der Waals surface area contributed by atoms with Gasteiger partial charge in [-0.15, -0.1) is 0 Å². The standard InChI is InChI=1S/C16H20N4O3/c1-10(14-8-6-5-7-9-14)17-16(21)13(4)19-12(3)15(20(22)23)11(2)18-19/h5-10,13H,1-4H3,(H,17,21). The molecule has 2 atom stereocenters. The third-order valence-corrected chi connectivity index (χ3v) is 3.87. The van der Waals surface area contributed by atoms with Crippen molar-refractivity contribution in [2.24, 2.45) is 0 Å². The Bertz CT molecular complexity index is 724. The van der Waals surface area contributed by atoms with Crippen molar-refractivity contribution in [2.45, 2.75) is 39.8 Å². The molecular weight excluding hydrogens is 296 g/mol. The number of carbonyl (C=O) groups is 1. The van der Waals surface area contributed by atoms with Crippen LogP contribution in [0, 0.1) is 24.0 Å². The SMILES string of the molecule is Cc1nn(C(C)C(=O)NC(C)c2ccccc2)c(C)c1[N+](=O)[O-]. The van der Waals surface area contributed by atoms with E-state index >= 15 is 0 Å². The van der Waals surface area contributed by atoms with Crippen LogP contribution in [0.25, 0.3) is 0 Å². The highest BCUT2D eigenvalue weighted by Crippen LogP contribution is 2.25. The first-order chi connectivity index (χ1) is 10.8. The van der Waals surface area contributed by atoms with Crippen LogP contribution >= 0.6 is 0 Å². The van der Waals surface area contributed by atoms with E-state index < -0.39 is 11.0 Å². The Morgan fingerprint density at radius 2 is 1.87 bits per heavy atom. The highest BCUT2D eigenvalue weighted by molar-refractivity contribution is 5.80. The van der Waals surface area contributed by atoms with Gasteiger partial charge in [-0.25, -0.2) is 0 Å². The molecule has 7 heteroatoms. The van der Waals surface area contributed by atoms with Crippen LogP contribution in [-0.4, -0.2) is 20.6 Å². The predicted molar refractivity (Wildman–Crippen MR) is 86.1 cm³/mol. The maximum absolute atomic E-state index is 12.4. The van der Waals surface area contributed by atoms with Gasteiger partial charge < -0.3 is 5.32 Å². The van der Waals surface area contributed by atoms with Crippen molar-refractivity contribution >= 4 is 11.6 Å². The van der Waals surface area contributed by atoms with Gasteiger partial charge in [-0.3, -0.25) is 19.6 Å². The molecule has 0 bridgehead atoms. The molecule has 1 heterocycles. The van der Waals surface area contributed by atoms with Gasteiger partial charge in [0.15, 0.2) is 0 Å². The molecule has 0 aliphatic heterocycles. The molecule has 1 aromatic carbocycles. The van der Waals surface area contributed by atoms with Crippen molar-refractivity contribution in [1.82, 2.24) is 15.1 Å². The molecule has 0 spiro atoms. The summed E-state index contributed by atoms with van der Waals surface area (Å²) in [5.41, 5.74) is 1.64. The topological polar surface area (TPSA) is 90.1 Å². The summed E-state index contributed by atoms with van der Waals surface area (Å²) in [7, 11) is 0. The molecule has 7 nitrogen and oxygen atoms in total. The third kappa shape index (κ3) is 3.39. The van der Waals surface area contributed by atoms with E-state index in [2.05, 4.69) is 10.4 Å². The van der Waals surface area contributed by atoms with Gasteiger partial charge in [-0.05, 0) is 33.3 Å². The van der Waals surface area contributed by atoms with Crippen molar-refractivity contribution < 1.29 is 9.72 Å². The van der Waals surface area contributed by atoms with Crippen LogP contribution in [0.1, 0.15) is 42.9 Å². The van der Waals surface area contributed by atoms with Crippen molar-refractivity contribution in [3.05, 3.63) is 57.4 Å². The average molecular weight is 316 g/mol. The van der Waals surface area contributed by atoms with Crippen molar-refractivity contribution in [3.63, 3.8) is 0 Å². The first-order valence-electron chi connectivity index (χ1n) is 7.38. The molecule has 2 unspecified atom stereocenters. The molecule has 0 aliphatic carbocycles. The normalized spacial score (nSPS) is 13.4. The Morgan fingerprint density at radius 3 is 2.39 bits per heavy atom. The lowest BCUT2D eigenvalue weighted by Crippen LogP contribution is -2.33. The molecule has 0 radical (unpaired) electrons. The summed E-state index contributed by atoms with van der Waals surface area (Å²) in [6.07, 6.45) is 0. The molecule has 0 saturated heterocycles. The van der Waals surface area contributed by atoms with Crippen molar-refractivity contribution in [3.8, 4) is 0 Å². The molecule has 2 aromatic rings. The summed E-state index contributed by atoms with van der Waals surface area (Å²) in [5.74, 6) is -0.234. The third-order valence-electron chi connectivity index (χ3n) is 3.87. The predicted octanol–water partition coefficient (Wildman–Crippen LogP) is 2.85. The minimum absolute atomic E-state index is 0.0410. The zero-order valence-electron chi connectivity index (χ0n) is 13.6. The minimum Gasteiger partial charge on any atom is -0.348 e. The Balaban J connectivity index is 2.17. The number of nitro groups is 1. The van der Waals surface area contributed by atoms with Gasteiger partial charge in [0.25, 0.3) is 0 Å². The van der Waals surface area contributed by atoms with Gasteiger partial charge >= 0.3 is 5.69 Å². The van der Waals surface area contributed by atoms with Gasteiger partial charge in [0.1, 0.15) is 17.4 Å². The smallest absolute Gasteiger partial charge is 0.312 e. The number of hydrogen-bond donors (Lipinski definition) is 1. The van der Waals surface area contributed by atoms with Crippen LogP contribution in [0.4, 0.5) is 5.69 Å². The second kappa shape index (κ2) is 6.60. The number of nitrogens with one attached hydrogen (secondary N) is 1. The first kappa shape index (κ1) is 16.7. The molecule has 1 amide bonds. The van der Waals surface area contributed by atoms with Gasteiger partial charge in [0, 0.05) is 0 Å². The van der Waals surface area contributed by atoms with Crippen LogP contribution in [0.3, 0.4) is 0 Å². The van der Waals surface area contributed by atoms with E-state index in [1.54, 1.807) is 20.8 Å². The molecule has 23 heavy (non-hydrogen) atoms. The first-order valence-corrected chi connectivity index (χ1v) is 7.38. The Kier molecular flexibility index (Phi) is 4.78. The second-order valence-corrected chi connectivity index (χ2v) is 5.54. The number of nitrogens with zero attached hydrogens (tertiary/aromatic N) is 3. The van der Waals surface area contributed by atoms with E-state index in [1.165, 1.54) is 4.68 Å². The summed E-state index contributed by atoms with van der Waals surface area (Å²) in [6.45, 7) is 6.74. The van der Waals surface area contributed by atoms with Gasteiger partial charge in [-0.1, -0.05) is 30.3 Å². The fourth-order valence-electron chi connectivity index (χ4n) is 2.57. The molecular formula is C16H20N4O3. The van der Waals surface area contributed by atoms with E-state index in [9.17, 15) is 14.9 Å².